The highest BCUT2D eigenvalue weighted by Gasteiger charge is 2.12. The first-order chi connectivity index (χ1) is 15.1. The summed E-state index contributed by atoms with van der Waals surface area (Å²) < 4.78 is 4.99. The van der Waals surface area contributed by atoms with Crippen LogP contribution in [0.1, 0.15) is 25.3 Å². The van der Waals surface area contributed by atoms with E-state index < -0.39 is 0 Å². The first kappa shape index (κ1) is 22.2. The first-order valence-electron chi connectivity index (χ1n) is 10.2. The number of carbonyl (C=O) groups is 2. The Kier molecular flexibility index (Phi) is 7.89. The minimum Gasteiger partial charge on any atom is -0.385 e. The molecule has 0 aliphatic rings. The lowest BCUT2D eigenvalue weighted by Crippen LogP contribution is -2.28. The van der Waals surface area contributed by atoms with E-state index in [0.29, 0.717) is 38.4 Å². The number of nitrogens with one attached hydrogen (secondary N) is 3. The topological polar surface area (TPSA) is 105 Å². The SMILES string of the molecule is CCNC(=O)Nc1cc2c(-c3ccncc3)ccc(CNC(=O)CCCOC)c2cn1. The Labute approximate surface area is 181 Å². The molecule has 0 fully saturated rings. The third-order valence-corrected chi connectivity index (χ3v) is 4.79. The molecule has 31 heavy (non-hydrogen) atoms. The van der Waals surface area contributed by atoms with E-state index >= 15 is 0 Å². The molecule has 0 spiro atoms. The van der Waals surface area contributed by atoms with E-state index in [9.17, 15) is 9.59 Å². The molecule has 8 nitrogen and oxygen atoms in total. The highest BCUT2D eigenvalue weighted by Crippen LogP contribution is 2.31. The Bertz CT molecular complexity index is 1040. The minimum atomic E-state index is -0.306. The van der Waals surface area contributed by atoms with Crippen LogP contribution >= 0.6 is 0 Å². The van der Waals surface area contributed by atoms with Crippen LogP contribution in [0.4, 0.5) is 10.6 Å². The summed E-state index contributed by atoms with van der Waals surface area (Å²) in [6.07, 6.45) is 6.31. The van der Waals surface area contributed by atoms with E-state index in [1.165, 1.54) is 0 Å². The number of pyridine rings is 2. The molecule has 0 unspecified atom stereocenters. The number of aromatic nitrogens is 2. The lowest BCUT2D eigenvalue weighted by atomic mass is 9.96. The van der Waals surface area contributed by atoms with E-state index in [4.69, 9.17) is 4.74 Å². The lowest BCUT2D eigenvalue weighted by Gasteiger charge is -2.14. The number of benzene rings is 1. The number of amides is 3. The molecule has 0 aliphatic carbocycles. The van der Waals surface area contributed by atoms with E-state index in [0.717, 1.165) is 27.5 Å². The van der Waals surface area contributed by atoms with Gasteiger partial charge >= 0.3 is 6.03 Å². The summed E-state index contributed by atoms with van der Waals surface area (Å²) in [7, 11) is 1.62. The van der Waals surface area contributed by atoms with Gasteiger partial charge in [-0.05, 0) is 53.6 Å². The number of carbonyl (C=O) groups excluding carboxylic acids is 2. The van der Waals surface area contributed by atoms with Gasteiger partial charge in [-0.15, -0.1) is 0 Å². The van der Waals surface area contributed by atoms with Gasteiger partial charge in [0.05, 0.1) is 0 Å². The van der Waals surface area contributed by atoms with Crippen molar-refractivity contribution in [1.82, 2.24) is 20.6 Å². The third kappa shape index (κ3) is 5.99. The van der Waals surface area contributed by atoms with Gasteiger partial charge in [0.15, 0.2) is 0 Å². The van der Waals surface area contributed by atoms with Crippen LogP contribution in [0.15, 0.2) is 48.9 Å². The number of methoxy groups -OCH3 is 1. The van der Waals surface area contributed by atoms with Crippen LogP contribution in [0.3, 0.4) is 0 Å². The number of urea groups is 1. The zero-order valence-electron chi connectivity index (χ0n) is 17.8. The molecule has 3 N–H and O–H groups in total. The molecule has 162 valence electrons. The van der Waals surface area contributed by atoms with E-state index in [2.05, 4.69) is 25.9 Å². The normalized spacial score (nSPS) is 10.6. The zero-order valence-corrected chi connectivity index (χ0v) is 17.8. The van der Waals surface area contributed by atoms with Crippen molar-refractivity contribution in [3.63, 3.8) is 0 Å². The summed E-state index contributed by atoms with van der Waals surface area (Å²) in [5.74, 6) is 0.431. The van der Waals surface area contributed by atoms with Gasteiger partial charge in [-0.25, -0.2) is 9.78 Å². The summed E-state index contributed by atoms with van der Waals surface area (Å²) in [4.78, 5) is 32.5. The largest absolute Gasteiger partial charge is 0.385 e. The maximum Gasteiger partial charge on any atom is 0.320 e. The molecular weight excluding hydrogens is 394 g/mol. The standard InChI is InChI=1S/C23H27N5O3/c1-3-25-23(30)28-21-13-19-18(16-8-10-24-11-9-16)7-6-17(20(19)15-26-21)14-27-22(29)5-4-12-31-2/h6-11,13,15H,3-5,12,14H2,1-2H3,(H,27,29)(H2,25,26,28,30). The van der Waals surface area contributed by atoms with Crippen LogP contribution < -0.4 is 16.0 Å². The maximum absolute atomic E-state index is 12.1. The van der Waals surface area contributed by atoms with E-state index in [1.807, 2.05) is 37.3 Å². The van der Waals surface area contributed by atoms with Crippen molar-refractivity contribution >= 4 is 28.5 Å². The fourth-order valence-corrected chi connectivity index (χ4v) is 3.28. The summed E-state index contributed by atoms with van der Waals surface area (Å²) in [5, 5.41) is 10.3. The van der Waals surface area contributed by atoms with Crippen molar-refractivity contribution < 1.29 is 14.3 Å². The van der Waals surface area contributed by atoms with Crippen molar-refractivity contribution in [2.45, 2.75) is 26.3 Å². The van der Waals surface area contributed by atoms with Crippen LogP contribution in [0.5, 0.6) is 0 Å². The van der Waals surface area contributed by atoms with Crippen LogP contribution in [0.25, 0.3) is 21.9 Å². The monoisotopic (exact) mass is 421 g/mol. The third-order valence-electron chi connectivity index (χ3n) is 4.79. The van der Waals surface area contributed by atoms with Crippen molar-refractivity contribution in [2.75, 3.05) is 25.6 Å². The second-order valence-electron chi connectivity index (χ2n) is 6.98. The van der Waals surface area contributed by atoms with Crippen molar-refractivity contribution in [1.29, 1.82) is 0 Å². The number of hydrogen-bond acceptors (Lipinski definition) is 5. The van der Waals surface area contributed by atoms with Gasteiger partial charge in [0.1, 0.15) is 5.82 Å². The highest BCUT2D eigenvalue weighted by atomic mass is 16.5. The maximum atomic E-state index is 12.1. The molecule has 3 aromatic rings. The van der Waals surface area contributed by atoms with Crippen molar-refractivity contribution in [3.8, 4) is 11.1 Å². The summed E-state index contributed by atoms with van der Waals surface area (Å²) in [5.41, 5.74) is 2.95. The lowest BCUT2D eigenvalue weighted by molar-refractivity contribution is -0.121. The second-order valence-corrected chi connectivity index (χ2v) is 6.98. The Morgan fingerprint density at radius 2 is 1.87 bits per heavy atom. The molecule has 0 saturated carbocycles. The molecule has 0 radical (unpaired) electrons. The van der Waals surface area contributed by atoms with Crippen molar-refractivity contribution in [3.05, 3.63) is 54.5 Å². The van der Waals surface area contributed by atoms with Gasteiger partial charge in [0, 0.05) is 57.2 Å². The highest BCUT2D eigenvalue weighted by molar-refractivity contribution is 6.00. The molecule has 1 aromatic carbocycles. The molecule has 2 heterocycles. The van der Waals surface area contributed by atoms with Gasteiger partial charge < -0.3 is 15.4 Å². The minimum absolute atomic E-state index is 0.0223. The van der Waals surface area contributed by atoms with Crippen LogP contribution in [-0.4, -0.2) is 42.2 Å². The van der Waals surface area contributed by atoms with Gasteiger partial charge in [0.2, 0.25) is 5.91 Å². The second kappa shape index (κ2) is 11.0. The molecule has 0 saturated heterocycles. The van der Waals surface area contributed by atoms with Crippen LogP contribution in [0.2, 0.25) is 0 Å². The van der Waals surface area contributed by atoms with Gasteiger partial charge in [-0.1, -0.05) is 12.1 Å². The fourth-order valence-electron chi connectivity index (χ4n) is 3.28. The van der Waals surface area contributed by atoms with Crippen LogP contribution in [0, 0.1) is 0 Å². The Morgan fingerprint density at radius 3 is 2.61 bits per heavy atom. The number of rotatable bonds is 9. The molecular formula is C23H27N5O3. The van der Waals surface area contributed by atoms with Gasteiger partial charge in [-0.3, -0.25) is 15.1 Å². The molecule has 0 atom stereocenters. The molecule has 3 rings (SSSR count). The average molecular weight is 422 g/mol. The quantitative estimate of drug-likeness (QED) is 0.459. The molecule has 2 aromatic heterocycles. The fraction of sp³-hybridized carbons (Fsp3) is 0.304. The van der Waals surface area contributed by atoms with Crippen LogP contribution in [-0.2, 0) is 16.1 Å². The number of nitrogens with zero attached hydrogens (tertiary/aromatic N) is 2. The number of anilines is 1. The zero-order chi connectivity index (χ0) is 22.1. The summed E-state index contributed by atoms with van der Waals surface area (Å²) in [6.45, 7) is 3.33. The predicted octanol–water partition coefficient (Wildman–Crippen LogP) is 3.48. The number of hydrogen-bond donors (Lipinski definition) is 3. The molecule has 0 bridgehead atoms. The van der Waals surface area contributed by atoms with E-state index in [1.54, 1.807) is 25.7 Å². The smallest absolute Gasteiger partial charge is 0.320 e. The number of ether oxygens (including phenoxy) is 1. The molecule has 3 amide bonds. The summed E-state index contributed by atoms with van der Waals surface area (Å²) >= 11 is 0. The predicted molar refractivity (Wildman–Crippen MR) is 121 cm³/mol. The first-order valence-corrected chi connectivity index (χ1v) is 10.2. The van der Waals surface area contributed by atoms with Gasteiger partial charge in [-0.2, -0.15) is 0 Å². The summed E-state index contributed by atoms with van der Waals surface area (Å²) in [6, 6.07) is 9.42. The molecule has 8 heteroatoms. The van der Waals surface area contributed by atoms with Gasteiger partial charge in [0.25, 0.3) is 0 Å². The van der Waals surface area contributed by atoms with E-state index in [-0.39, 0.29) is 11.9 Å². The Balaban J connectivity index is 1.92. The average Bonchev–Trinajstić information content (AvgIpc) is 2.78. The Hall–Kier alpha value is -3.52. The van der Waals surface area contributed by atoms with Crippen molar-refractivity contribution in [2.24, 2.45) is 0 Å². The number of fused-ring (bicyclic) bond motifs is 1. The molecule has 0 aliphatic heterocycles. The Morgan fingerprint density at radius 1 is 1.06 bits per heavy atom.